The van der Waals surface area contributed by atoms with Crippen LogP contribution in [-0.4, -0.2) is 17.0 Å². The van der Waals surface area contributed by atoms with Gasteiger partial charge in [-0.1, -0.05) is 23.7 Å². The molecule has 0 aliphatic heterocycles. The average molecular weight is 224 g/mol. The first-order valence-corrected chi connectivity index (χ1v) is 4.96. The molecular weight excluding hydrogens is 214 g/mol. The fraction of sp³-hybridized carbons (Fsp3) is 0.182. The Balaban J connectivity index is 1.92. The number of halogens is 1. The zero-order chi connectivity index (χ0) is 10.8. The fourth-order valence-corrected chi connectivity index (χ4v) is 1.45. The first-order valence-electron chi connectivity index (χ1n) is 4.58. The molecule has 1 aliphatic carbocycles. The highest BCUT2D eigenvalue weighted by atomic mass is 35.5. The molecule has 0 radical (unpaired) electrons. The summed E-state index contributed by atoms with van der Waals surface area (Å²) in [5.74, 6) is -0.242. The molecule has 1 aromatic rings. The average Bonchev–Trinajstić information content (AvgIpc) is 2.26. The minimum Gasteiger partial charge on any atom is -0.382 e. The van der Waals surface area contributed by atoms with Crippen LogP contribution in [0.1, 0.15) is 5.56 Å². The Morgan fingerprint density at radius 3 is 2.53 bits per heavy atom. The van der Waals surface area contributed by atoms with Crippen molar-refractivity contribution < 1.29 is 9.90 Å². The van der Waals surface area contributed by atoms with E-state index in [-0.39, 0.29) is 5.78 Å². The van der Waals surface area contributed by atoms with E-state index in [1.54, 1.807) is 12.1 Å². The van der Waals surface area contributed by atoms with Crippen molar-refractivity contribution in [1.82, 2.24) is 5.32 Å². The SMILES string of the molecule is O=C1C=C(NCc2ccc(Cl)cc2)C1O. The van der Waals surface area contributed by atoms with Gasteiger partial charge in [0.1, 0.15) is 0 Å². The minimum atomic E-state index is -0.961. The summed E-state index contributed by atoms with van der Waals surface area (Å²) in [5, 5.41) is 12.9. The zero-order valence-corrected chi connectivity index (χ0v) is 8.66. The molecule has 1 atom stereocenters. The van der Waals surface area contributed by atoms with Crippen LogP contribution in [-0.2, 0) is 11.3 Å². The standard InChI is InChI=1S/C11H10ClNO2/c12-8-3-1-7(2-4-8)6-13-9-5-10(14)11(9)15/h1-5,11,13,15H,6H2. The van der Waals surface area contributed by atoms with Gasteiger partial charge in [0, 0.05) is 17.6 Å². The number of nitrogens with one attached hydrogen (secondary N) is 1. The largest absolute Gasteiger partial charge is 0.382 e. The molecule has 0 saturated heterocycles. The van der Waals surface area contributed by atoms with Gasteiger partial charge in [-0.05, 0) is 17.7 Å². The van der Waals surface area contributed by atoms with Crippen molar-refractivity contribution in [2.24, 2.45) is 0 Å². The molecule has 2 N–H and O–H groups in total. The lowest BCUT2D eigenvalue weighted by Crippen LogP contribution is -2.38. The summed E-state index contributed by atoms with van der Waals surface area (Å²) < 4.78 is 0. The molecule has 0 saturated carbocycles. The van der Waals surface area contributed by atoms with Gasteiger partial charge in [0.25, 0.3) is 0 Å². The summed E-state index contributed by atoms with van der Waals surface area (Å²) >= 11 is 5.74. The molecule has 1 aromatic carbocycles. The Morgan fingerprint density at radius 2 is 2.00 bits per heavy atom. The zero-order valence-electron chi connectivity index (χ0n) is 7.90. The third-order valence-corrected chi connectivity index (χ3v) is 2.52. The Bertz CT molecular complexity index is 411. The number of benzene rings is 1. The number of carbonyl (C=O) groups excluding carboxylic acids is 1. The highest BCUT2D eigenvalue weighted by Gasteiger charge is 2.27. The summed E-state index contributed by atoms with van der Waals surface area (Å²) in [7, 11) is 0. The maximum absolute atomic E-state index is 10.7. The van der Waals surface area contributed by atoms with Crippen molar-refractivity contribution in [2.75, 3.05) is 0 Å². The van der Waals surface area contributed by atoms with E-state index < -0.39 is 6.10 Å². The summed E-state index contributed by atoms with van der Waals surface area (Å²) in [6.45, 7) is 0.577. The van der Waals surface area contributed by atoms with Crippen molar-refractivity contribution in [3.05, 3.63) is 46.6 Å². The maximum atomic E-state index is 10.7. The molecule has 0 aromatic heterocycles. The van der Waals surface area contributed by atoms with Crippen LogP contribution < -0.4 is 5.32 Å². The highest BCUT2D eigenvalue weighted by molar-refractivity contribution is 6.30. The van der Waals surface area contributed by atoms with Crippen LogP contribution in [0.5, 0.6) is 0 Å². The van der Waals surface area contributed by atoms with E-state index in [4.69, 9.17) is 11.6 Å². The molecule has 1 aliphatic rings. The van der Waals surface area contributed by atoms with Gasteiger partial charge in [0.2, 0.25) is 0 Å². The van der Waals surface area contributed by atoms with Crippen LogP contribution in [0.2, 0.25) is 5.02 Å². The second-order valence-corrected chi connectivity index (χ2v) is 3.82. The summed E-state index contributed by atoms with van der Waals surface area (Å²) in [6, 6.07) is 7.39. The van der Waals surface area contributed by atoms with Gasteiger partial charge < -0.3 is 10.4 Å². The van der Waals surface area contributed by atoms with Crippen molar-refractivity contribution in [2.45, 2.75) is 12.6 Å². The van der Waals surface area contributed by atoms with Gasteiger partial charge in [-0.2, -0.15) is 0 Å². The number of aliphatic hydroxyl groups is 1. The highest BCUT2D eigenvalue weighted by Crippen LogP contribution is 2.14. The fourth-order valence-electron chi connectivity index (χ4n) is 1.32. The van der Waals surface area contributed by atoms with Gasteiger partial charge >= 0.3 is 0 Å². The van der Waals surface area contributed by atoms with E-state index in [0.29, 0.717) is 17.3 Å². The second-order valence-electron chi connectivity index (χ2n) is 3.38. The molecule has 4 heteroatoms. The van der Waals surface area contributed by atoms with E-state index >= 15 is 0 Å². The van der Waals surface area contributed by atoms with Crippen LogP contribution in [0.25, 0.3) is 0 Å². The van der Waals surface area contributed by atoms with Crippen LogP contribution in [0.15, 0.2) is 36.0 Å². The monoisotopic (exact) mass is 223 g/mol. The lowest BCUT2D eigenvalue weighted by molar-refractivity contribution is -0.123. The van der Waals surface area contributed by atoms with Crippen molar-refractivity contribution in [1.29, 1.82) is 0 Å². The molecule has 0 amide bonds. The van der Waals surface area contributed by atoms with Crippen molar-refractivity contribution in [3.63, 3.8) is 0 Å². The van der Waals surface area contributed by atoms with E-state index in [9.17, 15) is 9.90 Å². The molecule has 3 nitrogen and oxygen atoms in total. The molecule has 0 bridgehead atoms. The molecule has 0 spiro atoms. The van der Waals surface area contributed by atoms with E-state index in [1.165, 1.54) is 6.08 Å². The first kappa shape index (κ1) is 10.2. The van der Waals surface area contributed by atoms with Gasteiger partial charge in [0.15, 0.2) is 11.9 Å². The molecule has 78 valence electrons. The molecule has 0 heterocycles. The van der Waals surface area contributed by atoms with Crippen LogP contribution in [0.3, 0.4) is 0 Å². The number of hydrogen-bond acceptors (Lipinski definition) is 3. The van der Waals surface area contributed by atoms with E-state index in [0.717, 1.165) is 5.56 Å². The normalized spacial score (nSPS) is 19.5. The lowest BCUT2D eigenvalue weighted by atomic mass is 10.0. The van der Waals surface area contributed by atoms with Crippen LogP contribution >= 0.6 is 11.6 Å². The summed E-state index contributed by atoms with van der Waals surface area (Å²) in [6.07, 6.45) is 0.443. The summed E-state index contributed by atoms with van der Waals surface area (Å²) in [5.41, 5.74) is 1.63. The molecular formula is C11H10ClNO2. The lowest BCUT2D eigenvalue weighted by Gasteiger charge is -2.21. The Morgan fingerprint density at radius 1 is 1.33 bits per heavy atom. The molecule has 2 rings (SSSR count). The number of rotatable bonds is 3. The molecule has 15 heavy (non-hydrogen) atoms. The van der Waals surface area contributed by atoms with Gasteiger partial charge in [-0.15, -0.1) is 0 Å². The smallest absolute Gasteiger partial charge is 0.191 e. The number of ketones is 1. The molecule has 0 fully saturated rings. The van der Waals surface area contributed by atoms with Gasteiger partial charge in [-0.25, -0.2) is 0 Å². The third-order valence-electron chi connectivity index (χ3n) is 2.27. The second kappa shape index (κ2) is 4.04. The van der Waals surface area contributed by atoms with Crippen LogP contribution in [0, 0.1) is 0 Å². The number of hydrogen-bond donors (Lipinski definition) is 2. The van der Waals surface area contributed by atoms with Crippen LogP contribution in [0.4, 0.5) is 0 Å². The minimum absolute atomic E-state index is 0.242. The third kappa shape index (κ3) is 2.19. The Kier molecular flexibility index (Phi) is 2.75. The predicted molar refractivity (Wildman–Crippen MR) is 57.4 cm³/mol. The number of aliphatic hydroxyl groups excluding tert-OH is 1. The Labute approximate surface area is 92.4 Å². The van der Waals surface area contributed by atoms with E-state index in [2.05, 4.69) is 5.32 Å². The van der Waals surface area contributed by atoms with E-state index in [1.807, 2.05) is 12.1 Å². The van der Waals surface area contributed by atoms with Gasteiger partial charge in [-0.3, -0.25) is 4.79 Å². The Hall–Kier alpha value is -1.32. The van der Waals surface area contributed by atoms with Gasteiger partial charge in [0.05, 0.1) is 5.70 Å². The van der Waals surface area contributed by atoms with Crippen molar-refractivity contribution >= 4 is 17.4 Å². The maximum Gasteiger partial charge on any atom is 0.191 e. The number of carbonyl (C=O) groups is 1. The first-order chi connectivity index (χ1) is 7.16. The molecule has 1 unspecified atom stereocenters. The van der Waals surface area contributed by atoms with Crippen molar-refractivity contribution in [3.8, 4) is 0 Å². The topological polar surface area (TPSA) is 49.3 Å². The summed E-state index contributed by atoms with van der Waals surface area (Å²) in [4.78, 5) is 10.7. The predicted octanol–water partition coefficient (Wildman–Crippen LogP) is 1.26. The quantitative estimate of drug-likeness (QED) is 0.811.